The Morgan fingerprint density at radius 1 is 1.17 bits per heavy atom. The van der Waals surface area contributed by atoms with Crippen molar-refractivity contribution in [1.82, 2.24) is 25.2 Å². The molecule has 0 unspecified atom stereocenters. The summed E-state index contributed by atoms with van der Waals surface area (Å²) in [6, 6.07) is 14.9. The molecule has 3 aromatic heterocycles. The van der Waals surface area contributed by atoms with E-state index in [-0.39, 0.29) is 23.8 Å². The molecule has 0 atom stereocenters. The van der Waals surface area contributed by atoms with Crippen LogP contribution in [-0.2, 0) is 13.0 Å². The maximum absolute atomic E-state index is 12.2. The molecule has 30 heavy (non-hydrogen) atoms. The predicted molar refractivity (Wildman–Crippen MR) is 112 cm³/mol. The second-order valence-corrected chi connectivity index (χ2v) is 7.71. The Morgan fingerprint density at radius 3 is 2.77 bits per heavy atom. The number of nitrogens with one attached hydrogen (secondary N) is 1. The van der Waals surface area contributed by atoms with Crippen LogP contribution in [0.25, 0.3) is 11.3 Å². The fourth-order valence-electron chi connectivity index (χ4n) is 2.81. The predicted octanol–water partition coefficient (Wildman–Crippen LogP) is 2.68. The Morgan fingerprint density at radius 2 is 2.00 bits per heavy atom. The van der Waals surface area contributed by atoms with Crippen molar-refractivity contribution >= 4 is 17.2 Å². The van der Waals surface area contributed by atoms with Crippen LogP contribution in [0.5, 0.6) is 0 Å². The van der Waals surface area contributed by atoms with Crippen LogP contribution in [0.3, 0.4) is 0 Å². The number of nitrogens with zero attached hydrogens (tertiary/aromatic N) is 4. The minimum atomic E-state index is -0.445. The summed E-state index contributed by atoms with van der Waals surface area (Å²) in [6.07, 6.45) is 0.732. The van der Waals surface area contributed by atoms with Gasteiger partial charge < -0.3 is 9.84 Å². The molecule has 4 aromatic rings. The number of benzene rings is 1. The van der Waals surface area contributed by atoms with Crippen molar-refractivity contribution in [1.29, 1.82) is 0 Å². The molecular weight excluding hydrogens is 402 g/mol. The van der Waals surface area contributed by atoms with Crippen molar-refractivity contribution in [2.24, 2.45) is 0 Å². The van der Waals surface area contributed by atoms with Gasteiger partial charge in [-0.3, -0.25) is 9.59 Å². The highest BCUT2D eigenvalue weighted by atomic mass is 32.1. The Hall–Kier alpha value is -3.59. The van der Waals surface area contributed by atoms with E-state index in [1.165, 1.54) is 15.6 Å². The number of amides is 1. The third-order valence-corrected chi connectivity index (χ3v) is 5.34. The first kappa shape index (κ1) is 19.7. The Bertz CT molecular complexity index is 1200. The number of hydrogen-bond donors (Lipinski definition) is 1. The zero-order valence-electron chi connectivity index (χ0n) is 16.2. The van der Waals surface area contributed by atoms with Crippen LogP contribution in [0, 0.1) is 6.92 Å². The summed E-state index contributed by atoms with van der Waals surface area (Å²) in [5.74, 6) is -0.382. The van der Waals surface area contributed by atoms with E-state index in [4.69, 9.17) is 4.52 Å². The van der Waals surface area contributed by atoms with E-state index in [0.29, 0.717) is 12.2 Å². The monoisotopic (exact) mass is 421 g/mol. The Kier molecular flexibility index (Phi) is 5.80. The minimum absolute atomic E-state index is 0.00447. The fraction of sp³-hybridized carbons (Fsp3) is 0.190. The van der Waals surface area contributed by atoms with Gasteiger partial charge in [-0.25, -0.2) is 4.68 Å². The first-order valence-corrected chi connectivity index (χ1v) is 10.2. The van der Waals surface area contributed by atoms with Crippen molar-refractivity contribution < 1.29 is 9.32 Å². The van der Waals surface area contributed by atoms with Crippen molar-refractivity contribution in [3.63, 3.8) is 0 Å². The van der Waals surface area contributed by atoms with Crippen molar-refractivity contribution in [3.8, 4) is 11.3 Å². The molecule has 0 aliphatic heterocycles. The second kappa shape index (κ2) is 8.83. The molecular formula is C21H19N5O3S. The van der Waals surface area contributed by atoms with Crippen molar-refractivity contribution in [2.45, 2.75) is 19.9 Å². The molecule has 1 N–H and O–H groups in total. The van der Waals surface area contributed by atoms with Gasteiger partial charge in [-0.15, -0.1) is 11.3 Å². The molecule has 0 radical (unpaired) electrons. The Balaban J connectivity index is 1.43. The van der Waals surface area contributed by atoms with Crippen molar-refractivity contribution in [3.05, 3.63) is 86.4 Å². The maximum Gasteiger partial charge on any atom is 0.316 e. The van der Waals surface area contributed by atoms with Gasteiger partial charge in [-0.2, -0.15) is 10.1 Å². The summed E-state index contributed by atoms with van der Waals surface area (Å²) < 4.78 is 6.29. The molecule has 8 nitrogen and oxygen atoms in total. The highest BCUT2D eigenvalue weighted by Crippen LogP contribution is 2.16. The number of hydrogen-bond acceptors (Lipinski definition) is 7. The lowest BCUT2D eigenvalue weighted by atomic mass is 10.1. The quantitative estimate of drug-likeness (QED) is 0.492. The third-order valence-electron chi connectivity index (χ3n) is 4.40. The van der Waals surface area contributed by atoms with Crippen LogP contribution in [0.1, 0.15) is 27.0 Å². The average molecular weight is 421 g/mol. The van der Waals surface area contributed by atoms with Crippen LogP contribution in [-0.4, -0.2) is 32.4 Å². The molecule has 0 aliphatic rings. The molecule has 152 valence electrons. The summed E-state index contributed by atoms with van der Waals surface area (Å²) >= 11 is 1.64. The van der Waals surface area contributed by atoms with Gasteiger partial charge in [-0.05, 0) is 30.9 Å². The number of aryl methyl sites for hydroxylation is 1. The van der Waals surface area contributed by atoms with Gasteiger partial charge in [0.2, 0.25) is 0 Å². The molecule has 1 amide bonds. The molecule has 0 spiro atoms. The summed E-state index contributed by atoms with van der Waals surface area (Å²) in [5, 5.41) is 12.9. The van der Waals surface area contributed by atoms with Gasteiger partial charge in [0.05, 0.1) is 5.69 Å². The second-order valence-electron chi connectivity index (χ2n) is 6.68. The molecule has 9 heteroatoms. The van der Waals surface area contributed by atoms with Crippen LogP contribution in [0.2, 0.25) is 0 Å². The lowest BCUT2D eigenvalue weighted by molar-refractivity contribution is 0.0910. The molecule has 0 saturated carbocycles. The zero-order valence-corrected chi connectivity index (χ0v) is 17.1. The summed E-state index contributed by atoms with van der Waals surface area (Å²) in [7, 11) is 0. The minimum Gasteiger partial charge on any atom is -0.347 e. The van der Waals surface area contributed by atoms with Crippen LogP contribution < -0.4 is 10.9 Å². The van der Waals surface area contributed by atoms with Gasteiger partial charge in [0.25, 0.3) is 5.56 Å². The van der Waals surface area contributed by atoms with Crippen LogP contribution in [0.15, 0.2) is 63.2 Å². The number of rotatable bonds is 7. The van der Waals surface area contributed by atoms with E-state index in [2.05, 4.69) is 20.6 Å². The van der Waals surface area contributed by atoms with E-state index in [0.717, 1.165) is 17.5 Å². The van der Waals surface area contributed by atoms with Crippen LogP contribution in [0.4, 0.5) is 0 Å². The summed E-state index contributed by atoms with van der Waals surface area (Å²) in [6.45, 7) is 2.48. The standard InChI is InChI=1S/C21H19N5O3S/c1-14-4-6-15(7-5-14)17-8-9-19(27)26(24-17)13-18-23-21(29-25-18)20(28)22-11-10-16-3-2-12-30-16/h2-9,12H,10-11,13H2,1H3,(H,22,28). The SMILES string of the molecule is Cc1ccc(-c2ccc(=O)n(Cc3noc(C(=O)NCCc4cccs4)n3)n2)cc1. The number of thiophene rings is 1. The molecule has 0 bridgehead atoms. The van der Waals surface area contributed by atoms with E-state index < -0.39 is 5.91 Å². The molecule has 0 aliphatic carbocycles. The Labute approximate surface area is 176 Å². The average Bonchev–Trinajstić information content (AvgIpc) is 3.42. The van der Waals surface area contributed by atoms with Gasteiger partial charge in [-0.1, -0.05) is 41.1 Å². The smallest absolute Gasteiger partial charge is 0.316 e. The van der Waals surface area contributed by atoms with Gasteiger partial charge in [0.15, 0.2) is 5.82 Å². The van der Waals surface area contributed by atoms with E-state index in [1.54, 1.807) is 17.4 Å². The molecule has 0 fully saturated rings. The van der Waals surface area contributed by atoms with Crippen molar-refractivity contribution in [2.75, 3.05) is 6.54 Å². The highest BCUT2D eigenvalue weighted by Gasteiger charge is 2.16. The van der Waals surface area contributed by atoms with Gasteiger partial charge in [0, 0.05) is 23.1 Å². The molecule has 0 saturated heterocycles. The number of carbonyl (C=O) groups is 1. The topological polar surface area (TPSA) is 103 Å². The van der Waals surface area contributed by atoms with E-state index in [9.17, 15) is 9.59 Å². The molecule has 4 rings (SSSR count). The van der Waals surface area contributed by atoms with E-state index >= 15 is 0 Å². The van der Waals surface area contributed by atoms with E-state index in [1.807, 2.05) is 48.7 Å². The largest absolute Gasteiger partial charge is 0.347 e. The lowest BCUT2D eigenvalue weighted by Crippen LogP contribution is -2.26. The number of carbonyl (C=O) groups excluding carboxylic acids is 1. The fourth-order valence-corrected chi connectivity index (χ4v) is 3.52. The van der Waals surface area contributed by atoms with Crippen LogP contribution >= 0.6 is 11.3 Å². The lowest BCUT2D eigenvalue weighted by Gasteiger charge is -2.05. The third kappa shape index (κ3) is 4.69. The molecule has 1 aromatic carbocycles. The highest BCUT2D eigenvalue weighted by molar-refractivity contribution is 7.09. The summed E-state index contributed by atoms with van der Waals surface area (Å²) in [4.78, 5) is 29.6. The first-order valence-electron chi connectivity index (χ1n) is 9.37. The van der Waals surface area contributed by atoms with Gasteiger partial charge in [0.1, 0.15) is 6.54 Å². The maximum atomic E-state index is 12.2. The molecule has 3 heterocycles. The van der Waals surface area contributed by atoms with Gasteiger partial charge >= 0.3 is 11.8 Å². The normalized spacial score (nSPS) is 10.8. The summed E-state index contributed by atoms with van der Waals surface area (Å²) in [5.41, 5.74) is 2.40. The first-order chi connectivity index (χ1) is 14.6. The number of aromatic nitrogens is 4. The zero-order chi connectivity index (χ0) is 20.9.